The molecule has 4 heteroatoms. The fourth-order valence-corrected chi connectivity index (χ4v) is 5.24. The van der Waals surface area contributed by atoms with Gasteiger partial charge in [0.25, 0.3) is 0 Å². The maximum Gasteiger partial charge on any atom is 0.0925 e. The Labute approximate surface area is 282 Å². The molecule has 0 bridgehead atoms. The predicted octanol–water partition coefficient (Wildman–Crippen LogP) is 12.3. The molecular formula is C42H59O3P. The van der Waals surface area contributed by atoms with Crippen molar-refractivity contribution in [1.82, 2.24) is 0 Å². The second kappa shape index (κ2) is 23.9. The van der Waals surface area contributed by atoms with Crippen LogP contribution in [0.5, 0.6) is 0 Å². The summed E-state index contributed by atoms with van der Waals surface area (Å²) in [5, 5.41) is 18.6. The molecule has 3 unspecified atom stereocenters. The van der Waals surface area contributed by atoms with Crippen LogP contribution in [0.2, 0.25) is 0 Å². The first-order valence-corrected chi connectivity index (χ1v) is 17.7. The van der Waals surface area contributed by atoms with Gasteiger partial charge >= 0.3 is 0 Å². The molecule has 0 heterocycles. The lowest BCUT2D eigenvalue weighted by Gasteiger charge is -2.19. The van der Waals surface area contributed by atoms with Crippen molar-refractivity contribution in [1.29, 1.82) is 0 Å². The molecule has 0 aliphatic heterocycles. The molecule has 1 aliphatic rings. The number of hydrogen-bond acceptors (Lipinski definition) is 3. The Morgan fingerprint density at radius 3 is 2.07 bits per heavy atom. The molecule has 3 aromatic carbocycles. The van der Waals surface area contributed by atoms with Crippen molar-refractivity contribution in [3.63, 3.8) is 0 Å². The van der Waals surface area contributed by atoms with E-state index in [4.69, 9.17) is 5.11 Å². The van der Waals surface area contributed by atoms with Crippen LogP contribution in [0.1, 0.15) is 102 Å². The summed E-state index contributed by atoms with van der Waals surface area (Å²) in [7, 11) is -0.191. The number of aliphatic hydroxyl groups excluding tert-OH is 2. The standard InChI is InChI=1S/C21H21OP.C9H14O.C6H10O.C6H14/c1-15-11-13-17(14-12-15)16(2)18-7-3-4-8-19(18)20-9-5-6-10-21(20)23-22;1-2-8-5-3-4-6-9(10)7-8;1-3-4-5-6(2)7;1-4-6(3)5-2/h3-14,16,22-23H,1-2H3;3-4,6,8,10H,2,5,7H2,1H3;3,7H,1-2,4-5H2;6H,4-5H2,1-3H3. The Morgan fingerprint density at radius 2 is 1.54 bits per heavy atom. The highest BCUT2D eigenvalue weighted by Gasteiger charge is 2.15. The van der Waals surface area contributed by atoms with Crippen molar-refractivity contribution < 1.29 is 15.1 Å². The number of aryl methyl sites for hydroxylation is 1. The molecular weight excluding hydrogens is 583 g/mol. The molecule has 0 spiro atoms. The molecule has 1 aliphatic carbocycles. The largest absolute Gasteiger partial charge is 0.513 e. The normalized spacial score (nSPS) is 14.4. The average Bonchev–Trinajstić information content (AvgIpc) is 3.31. The van der Waals surface area contributed by atoms with Crippen LogP contribution in [-0.4, -0.2) is 15.1 Å². The number of benzene rings is 3. The van der Waals surface area contributed by atoms with Gasteiger partial charge in [0.2, 0.25) is 0 Å². The van der Waals surface area contributed by atoms with Crippen LogP contribution in [0.3, 0.4) is 0 Å². The fraction of sp³-hybridized carbons (Fsp3) is 0.381. The van der Waals surface area contributed by atoms with E-state index in [1.54, 1.807) is 12.2 Å². The van der Waals surface area contributed by atoms with Crippen molar-refractivity contribution in [3.8, 4) is 11.1 Å². The van der Waals surface area contributed by atoms with Crippen LogP contribution in [0.15, 0.2) is 122 Å². The SMILES string of the molecule is C=CCCC(=C)O.CCC(C)CC.CCC1CC=CC=C(O)C1.Cc1ccc(C(C)c2ccccc2-c2ccccc2PO)cc1. The number of rotatable bonds is 10. The van der Waals surface area contributed by atoms with Crippen molar-refractivity contribution in [2.24, 2.45) is 11.8 Å². The predicted molar refractivity (Wildman–Crippen MR) is 205 cm³/mol. The zero-order valence-corrected chi connectivity index (χ0v) is 30.2. The summed E-state index contributed by atoms with van der Waals surface area (Å²) in [4.78, 5) is 9.68. The summed E-state index contributed by atoms with van der Waals surface area (Å²) in [5.41, 5.74) is 6.22. The van der Waals surface area contributed by atoms with Gasteiger partial charge in [0.15, 0.2) is 0 Å². The second-order valence-corrected chi connectivity index (χ2v) is 12.8. The van der Waals surface area contributed by atoms with E-state index in [1.807, 2.05) is 24.3 Å². The minimum absolute atomic E-state index is 0.191. The van der Waals surface area contributed by atoms with Gasteiger partial charge in [-0.3, -0.25) is 0 Å². The smallest absolute Gasteiger partial charge is 0.0925 e. The van der Waals surface area contributed by atoms with Gasteiger partial charge in [0.1, 0.15) is 0 Å². The minimum atomic E-state index is -0.191. The first-order valence-electron chi connectivity index (χ1n) is 16.8. The molecule has 3 aromatic rings. The maximum atomic E-state index is 9.68. The second-order valence-electron chi connectivity index (χ2n) is 12.0. The third-order valence-corrected chi connectivity index (χ3v) is 9.02. The summed E-state index contributed by atoms with van der Waals surface area (Å²) >= 11 is 0. The van der Waals surface area contributed by atoms with Gasteiger partial charge < -0.3 is 15.1 Å². The molecule has 0 amide bonds. The van der Waals surface area contributed by atoms with Crippen LogP contribution in [0.25, 0.3) is 11.1 Å². The van der Waals surface area contributed by atoms with Crippen LogP contribution >= 0.6 is 8.81 Å². The third-order valence-electron chi connectivity index (χ3n) is 8.34. The Bertz CT molecular complexity index is 1340. The van der Waals surface area contributed by atoms with E-state index in [0.29, 0.717) is 24.0 Å². The van der Waals surface area contributed by atoms with Crippen LogP contribution < -0.4 is 5.30 Å². The highest BCUT2D eigenvalue weighted by atomic mass is 31.1. The number of allylic oxidation sites excluding steroid dienone is 6. The molecule has 46 heavy (non-hydrogen) atoms. The Balaban J connectivity index is 0.000000378. The highest BCUT2D eigenvalue weighted by molar-refractivity contribution is 7.41. The van der Waals surface area contributed by atoms with E-state index in [0.717, 1.165) is 42.5 Å². The van der Waals surface area contributed by atoms with Crippen molar-refractivity contribution in [2.75, 3.05) is 0 Å². The van der Waals surface area contributed by atoms with Gasteiger partial charge in [0, 0.05) is 32.9 Å². The molecule has 0 saturated heterocycles. The Morgan fingerprint density at radius 1 is 0.935 bits per heavy atom. The summed E-state index contributed by atoms with van der Waals surface area (Å²) < 4.78 is 0. The zero-order valence-electron chi connectivity index (χ0n) is 29.2. The summed E-state index contributed by atoms with van der Waals surface area (Å²) in [6.45, 7) is 20.0. The van der Waals surface area contributed by atoms with Gasteiger partial charge in [0.05, 0.1) is 11.5 Å². The van der Waals surface area contributed by atoms with Crippen LogP contribution in [-0.2, 0) is 0 Å². The zero-order chi connectivity index (χ0) is 34.3. The first-order chi connectivity index (χ1) is 22.1. The Kier molecular flexibility index (Phi) is 21.1. The molecule has 3 N–H and O–H groups in total. The highest BCUT2D eigenvalue weighted by Crippen LogP contribution is 2.33. The van der Waals surface area contributed by atoms with Gasteiger partial charge in [-0.15, -0.1) is 6.58 Å². The first kappa shape index (κ1) is 40.6. The monoisotopic (exact) mass is 642 g/mol. The minimum Gasteiger partial charge on any atom is -0.513 e. The van der Waals surface area contributed by atoms with Crippen LogP contribution in [0, 0.1) is 18.8 Å². The van der Waals surface area contributed by atoms with E-state index in [9.17, 15) is 10.00 Å². The molecule has 4 rings (SSSR count). The molecule has 250 valence electrons. The van der Waals surface area contributed by atoms with Gasteiger partial charge in [-0.05, 0) is 59.9 Å². The maximum absolute atomic E-state index is 9.68. The van der Waals surface area contributed by atoms with Crippen molar-refractivity contribution >= 4 is 14.1 Å². The molecule has 0 radical (unpaired) electrons. The summed E-state index contributed by atoms with van der Waals surface area (Å²) in [6, 6.07) is 25.4. The molecule has 0 fully saturated rings. The summed E-state index contributed by atoms with van der Waals surface area (Å²) in [5.74, 6) is 2.65. The lowest BCUT2D eigenvalue weighted by molar-refractivity contribution is 0.348. The van der Waals surface area contributed by atoms with E-state index < -0.39 is 0 Å². The third kappa shape index (κ3) is 15.7. The Hall–Kier alpha value is -3.39. The molecule has 0 saturated carbocycles. The molecule has 3 nitrogen and oxygen atoms in total. The van der Waals surface area contributed by atoms with Gasteiger partial charge in [-0.25, -0.2) is 0 Å². The van der Waals surface area contributed by atoms with Crippen molar-refractivity contribution in [2.45, 2.75) is 92.4 Å². The number of hydrogen-bond donors (Lipinski definition) is 3. The molecule has 3 atom stereocenters. The lowest BCUT2D eigenvalue weighted by Crippen LogP contribution is -2.04. The van der Waals surface area contributed by atoms with Crippen molar-refractivity contribution in [3.05, 3.63) is 138 Å². The quantitative estimate of drug-likeness (QED) is 0.117. The lowest BCUT2D eigenvalue weighted by atomic mass is 9.87. The van der Waals surface area contributed by atoms with E-state index in [2.05, 4.69) is 115 Å². The van der Waals surface area contributed by atoms with E-state index >= 15 is 0 Å². The van der Waals surface area contributed by atoms with Gasteiger partial charge in [-0.1, -0.05) is 157 Å². The number of aliphatic hydroxyl groups is 2. The van der Waals surface area contributed by atoms with Gasteiger partial charge in [-0.2, -0.15) is 0 Å². The topological polar surface area (TPSA) is 60.7 Å². The van der Waals surface area contributed by atoms with E-state index in [1.165, 1.54) is 35.1 Å². The average molecular weight is 643 g/mol. The fourth-order valence-electron chi connectivity index (χ4n) is 4.74. The summed E-state index contributed by atoms with van der Waals surface area (Å²) in [6.07, 6.45) is 14.8. The van der Waals surface area contributed by atoms with E-state index in [-0.39, 0.29) is 14.6 Å². The van der Waals surface area contributed by atoms with Crippen LogP contribution in [0.4, 0.5) is 0 Å². The molecule has 0 aromatic heterocycles.